The second-order valence-electron chi connectivity index (χ2n) is 4.32. The second-order valence-corrected chi connectivity index (χ2v) is 4.73. The third-order valence-electron chi connectivity index (χ3n) is 3.04. The van der Waals surface area contributed by atoms with E-state index in [1.165, 1.54) is 0 Å². The Labute approximate surface area is 118 Å². The van der Waals surface area contributed by atoms with E-state index in [1.807, 2.05) is 28.9 Å². The van der Waals surface area contributed by atoms with Crippen LogP contribution < -0.4 is 10.5 Å². The van der Waals surface area contributed by atoms with Crippen LogP contribution in [-0.4, -0.2) is 16.9 Å². The molecular weight excluding hydrogens is 262 g/mol. The Morgan fingerprint density at radius 1 is 1.42 bits per heavy atom. The van der Waals surface area contributed by atoms with Crippen molar-refractivity contribution in [2.45, 2.75) is 25.9 Å². The molecule has 1 atom stereocenters. The molecule has 1 aromatic carbocycles. The summed E-state index contributed by atoms with van der Waals surface area (Å²) in [7, 11) is 1.64. The van der Waals surface area contributed by atoms with Crippen molar-refractivity contribution in [2.75, 3.05) is 7.11 Å². The number of benzene rings is 1. The molecular formula is C14H18ClN3O. The Morgan fingerprint density at radius 2 is 2.16 bits per heavy atom. The van der Waals surface area contributed by atoms with Crippen molar-refractivity contribution in [2.24, 2.45) is 5.73 Å². The lowest BCUT2D eigenvalue weighted by atomic mass is 10.0. The van der Waals surface area contributed by atoms with Crippen LogP contribution in [0.15, 0.2) is 30.5 Å². The highest BCUT2D eigenvalue weighted by Crippen LogP contribution is 2.31. The minimum absolute atomic E-state index is 0.349. The molecule has 5 heteroatoms. The van der Waals surface area contributed by atoms with Gasteiger partial charge in [0.05, 0.1) is 30.1 Å². The Bertz CT molecular complexity index is 553. The molecule has 2 N–H and O–H groups in total. The molecule has 0 saturated carbocycles. The van der Waals surface area contributed by atoms with Gasteiger partial charge in [0.2, 0.25) is 0 Å². The van der Waals surface area contributed by atoms with Crippen LogP contribution in [0.5, 0.6) is 5.75 Å². The first-order valence-electron chi connectivity index (χ1n) is 6.28. The lowest BCUT2D eigenvalue weighted by Gasteiger charge is -2.17. The molecule has 0 bridgehead atoms. The molecule has 19 heavy (non-hydrogen) atoms. The molecule has 1 aromatic heterocycles. The van der Waals surface area contributed by atoms with E-state index in [9.17, 15) is 0 Å². The highest BCUT2D eigenvalue weighted by Gasteiger charge is 2.20. The van der Waals surface area contributed by atoms with E-state index >= 15 is 0 Å². The number of nitrogens with two attached hydrogens (primary N) is 1. The van der Waals surface area contributed by atoms with Gasteiger partial charge >= 0.3 is 0 Å². The third-order valence-corrected chi connectivity index (χ3v) is 3.33. The maximum Gasteiger partial charge on any atom is 0.124 e. The molecule has 0 saturated heterocycles. The average Bonchev–Trinajstić information content (AvgIpc) is 2.79. The van der Waals surface area contributed by atoms with Gasteiger partial charge in [0.1, 0.15) is 5.75 Å². The summed E-state index contributed by atoms with van der Waals surface area (Å²) in [5.74, 6) is 0.760. The molecule has 0 radical (unpaired) electrons. The van der Waals surface area contributed by atoms with Crippen LogP contribution in [-0.2, 0) is 6.54 Å². The van der Waals surface area contributed by atoms with Gasteiger partial charge in [0.25, 0.3) is 0 Å². The SMILES string of the molecule is CCCn1ncc(Cl)c1C(N)c1ccccc1OC. The standard InChI is InChI=1S/C14H18ClN3O/c1-3-8-18-14(11(15)9-17-18)13(16)10-6-4-5-7-12(10)19-2/h4-7,9,13H,3,8,16H2,1-2H3. The largest absolute Gasteiger partial charge is 0.496 e. The molecule has 1 heterocycles. The number of aromatic nitrogens is 2. The maximum atomic E-state index is 6.34. The Morgan fingerprint density at radius 3 is 2.84 bits per heavy atom. The van der Waals surface area contributed by atoms with Crippen LogP contribution in [0.2, 0.25) is 5.02 Å². The lowest BCUT2D eigenvalue weighted by Crippen LogP contribution is -2.18. The summed E-state index contributed by atoms with van der Waals surface area (Å²) < 4.78 is 7.21. The number of halogens is 1. The molecule has 102 valence electrons. The quantitative estimate of drug-likeness (QED) is 0.915. The maximum absolute atomic E-state index is 6.34. The molecule has 0 aliphatic heterocycles. The normalized spacial score (nSPS) is 12.4. The lowest BCUT2D eigenvalue weighted by molar-refractivity contribution is 0.406. The van der Waals surface area contributed by atoms with Crippen molar-refractivity contribution in [3.8, 4) is 5.75 Å². The monoisotopic (exact) mass is 279 g/mol. The smallest absolute Gasteiger partial charge is 0.124 e. The molecule has 2 aromatic rings. The van der Waals surface area contributed by atoms with E-state index in [1.54, 1.807) is 13.3 Å². The van der Waals surface area contributed by atoms with Crippen molar-refractivity contribution in [1.82, 2.24) is 9.78 Å². The number of rotatable bonds is 5. The van der Waals surface area contributed by atoms with Gasteiger partial charge in [-0.1, -0.05) is 36.7 Å². The molecule has 0 amide bonds. The summed E-state index contributed by atoms with van der Waals surface area (Å²) in [4.78, 5) is 0. The summed E-state index contributed by atoms with van der Waals surface area (Å²) in [5, 5.41) is 4.86. The summed E-state index contributed by atoms with van der Waals surface area (Å²) in [6, 6.07) is 7.34. The Hall–Kier alpha value is -1.52. The number of hydrogen-bond donors (Lipinski definition) is 1. The first-order chi connectivity index (χ1) is 9.19. The molecule has 0 aliphatic carbocycles. The summed E-state index contributed by atoms with van der Waals surface area (Å²) >= 11 is 6.22. The van der Waals surface area contributed by atoms with Gasteiger partial charge in [0.15, 0.2) is 0 Å². The van der Waals surface area contributed by atoms with Gasteiger partial charge in [0, 0.05) is 12.1 Å². The van der Waals surface area contributed by atoms with Crippen LogP contribution in [0.25, 0.3) is 0 Å². The Balaban J connectivity index is 2.43. The number of aryl methyl sites for hydroxylation is 1. The number of ether oxygens (including phenoxy) is 1. The predicted octanol–water partition coefficient (Wildman–Crippen LogP) is 3.00. The van der Waals surface area contributed by atoms with Gasteiger partial charge in [-0.25, -0.2) is 0 Å². The first kappa shape index (κ1) is 13.9. The fourth-order valence-corrected chi connectivity index (χ4v) is 2.40. The van der Waals surface area contributed by atoms with E-state index in [2.05, 4.69) is 12.0 Å². The summed E-state index contributed by atoms with van der Waals surface area (Å²) in [5.41, 5.74) is 8.08. The fraction of sp³-hybridized carbons (Fsp3) is 0.357. The molecule has 0 aliphatic rings. The van der Waals surface area contributed by atoms with Crippen molar-refractivity contribution in [3.63, 3.8) is 0 Å². The summed E-state index contributed by atoms with van der Waals surface area (Å²) in [6.45, 7) is 2.89. The van der Waals surface area contributed by atoms with Crippen LogP contribution in [0.1, 0.15) is 30.6 Å². The Kier molecular flexibility index (Phi) is 4.45. The second kappa shape index (κ2) is 6.08. The van der Waals surface area contributed by atoms with Crippen LogP contribution in [0, 0.1) is 0 Å². The average molecular weight is 280 g/mol. The number of nitrogens with zero attached hydrogens (tertiary/aromatic N) is 2. The van der Waals surface area contributed by atoms with Crippen molar-refractivity contribution < 1.29 is 4.74 Å². The van der Waals surface area contributed by atoms with Gasteiger partial charge in [-0.05, 0) is 12.5 Å². The molecule has 2 rings (SSSR count). The van der Waals surface area contributed by atoms with Gasteiger partial charge in [-0.3, -0.25) is 4.68 Å². The minimum Gasteiger partial charge on any atom is -0.496 e. The van der Waals surface area contributed by atoms with Crippen molar-refractivity contribution in [3.05, 3.63) is 46.7 Å². The topological polar surface area (TPSA) is 53.1 Å². The zero-order valence-electron chi connectivity index (χ0n) is 11.1. The molecule has 0 fully saturated rings. The highest BCUT2D eigenvalue weighted by molar-refractivity contribution is 6.31. The predicted molar refractivity (Wildman–Crippen MR) is 76.6 cm³/mol. The minimum atomic E-state index is -0.349. The summed E-state index contributed by atoms with van der Waals surface area (Å²) in [6.07, 6.45) is 2.62. The van der Waals surface area contributed by atoms with Gasteiger partial charge in [-0.15, -0.1) is 0 Å². The van der Waals surface area contributed by atoms with E-state index in [4.69, 9.17) is 22.1 Å². The van der Waals surface area contributed by atoms with E-state index in [-0.39, 0.29) is 6.04 Å². The van der Waals surface area contributed by atoms with Crippen LogP contribution >= 0.6 is 11.6 Å². The van der Waals surface area contributed by atoms with E-state index < -0.39 is 0 Å². The van der Waals surface area contributed by atoms with Gasteiger partial charge in [-0.2, -0.15) is 5.10 Å². The van der Waals surface area contributed by atoms with E-state index in [0.29, 0.717) is 5.02 Å². The van der Waals surface area contributed by atoms with Crippen molar-refractivity contribution in [1.29, 1.82) is 0 Å². The van der Waals surface area contributed by atoms with Crippen LogP contribution in [0.4, 0.5) is 0 Å². The zero-order valence-corrected chi connectivity index (χ0v) is 11.9. The highest BCUT2D eigenvalue weighted by atomic mass is 35.5. The molecule has 4 nitrogen and oxygen atoms in total. The number of hydrogen-bond acceptors (Lipinski definition) is 3. The zero-order chi connectivity index (χ0) is 13.8. The van der Waals surface area contributed by atoms with Crippen molar-refractivity contribution >= 4 is 11.6 Å². The number of methoxy groups -OCH3 is 1. The van der Waals surface area contributed by atoms with Crippen LogP contribution in [0.3, 0.4) is 0 Å². The third kappa shape index (κ3) is 2.74. The van der Waals surface area contributed by atoms with Gasteiger partial charge < -0.3 is 10.5 Å². The fourth-order valence-electron chi connectivity index (χ4n) is 2.14. The number of para-hydroxylation sites is 1. The first-order valence-corrected chi connectivity index (χ1v) is 6.66. The molecule has 1 unspecified atom stereocenters. The molecule has 0 spiro atoms. The van der Waals surface area contributed by atoms with E-state index in [0.717, 1.165) is 30.0 Å².